The minimum Gasteiger partial charge on any atom is -0.453 e. The number of carbonyl (C=O) groups is 1. The summed E-state index contributed by atoms with van der Waals surface area (Å²) >= 11 is 5.91. The number of carbonyl (C=O) groups excluding carboxylic acids is 1. The molecule has 0 bridgehead atoms. The van der Waals surface area contributed by atoms with Gasteiger partial charge in [-0.05, 0) is 30.2 Å². The van der Waals surface area contributed by atoms with E-state index in [-0.39, 0.29) is 12.1 Å². The molecule has 0 N–H and O–H groups in total. The van der Waals surface area contributed by atoms with E-state index in [1.54, 1.807) is 0 Å². The Morgan fingerprint density at radius 3 is 2.87 bits per heavy atom. The zero-order valence-electron chi connectivity index (χ0n) is 8.58. The standard InChI is InChI=1S/C12H11ClO2/c1-7-5-9-3-4-10(13)6-11(9)12(7)15-8(2)14/h3-6,12H,1-2H3. The summed E-state index contributed by atoms with van der Waals surface area (Å²) in [4.78, 5) is 11.0. The van der Waals surface area contributed by atoms with Crippen LogP contribution in [-0.2, 0) is 9.53 Å². The van der Waals surface area contributed by atoms with Crippen molar-refractivity contribution in [3.8, 4) is 0 Å². The minimum atomic E-state index is -0.277. The van der Waals surface area contributed by atoms with Gasteiger partial charge in [0, 0.05) is 17.5 Å². The average molecular weight is 223 g/mol. The van der Waals surface area contributed by atoms with E-state index in [0.717, 1.165) is 16.7 Å². The monoisotopic (exact) mass is 222 g/mol. The first kappa shape index (κ1) is 10.2. The zero-order chi connectivity index (χ0) is 11.0. The van der Waals surface area contributed by atoms with E-state index >= 15 is 0 Å². The summed E-state index contributed by atoms with van der Waals surface area (Å²) in [5, 5.41) is 0.661. The summed E-state index contributed by atoms with van der Waals surface area (Å²) in [6, 6.07) is 5.61. The molecule has 0 saturated carbocycles. The lowest BCUT2D eigenvalue weighted by molar-refractivity contribution is -0.144. The fourth-order valence-corrected chi connectivity index (χ4v) is 1.97. The summed E-state index contributed by atoms with van der Waals surface area (Å²) in [7, 11) is 0. The third kappa shape index (κ3) is 1.90. The topological polar surface area (TPSA) is 26.3 Å². The number of halogens is 1. The van der Waals surface area contributed by atoms with E-state index in [4.69, 9.17) is 16.3 Å². The summed E-state index contributed by atoms with van der Waals surface area (Å²) in [5.74, 6) is -0.277. The lowest BCUT2D eigenvalue weighted by Gasteiger charge is -2.14. The van der Waals surface area contributed by atoms with Crippen molar-refractivity contribution in [2.24, 2.45) is 0 Å². The first-order valence-electron chi connectivity index (χ1n) is 4.73. The molecule has 78 valence electrons. The molecule has 2 nitrogen and oxygen atoms in total. The SMILES string of the molecule is CC(=O)OC1C(C)=Cc2ccc(Cl)cc21. The predicted molar refractivity (Wildman–Crippen MR) is 59.6 cm³/mol. The van der Waals surface area contributed by atoms with Gasteiger partial charge in [-0.25, -0.2) is 0 Å². The van der Waals surface area contributed by atoms with Gasteiger partial charge in [0.25, 0.3) is 0 Å². The molecule has 1 aliphatic carbocycles. The summed E-state index contributed by atoms with van der Waals surface area (Å²) in [6.45, 7) is 3.36. The van der Waals surface area contributed by atoms with E-state index in [1.165, 1.54) is 6.92 Å². The normalized spacial score (nSPS) is 18.3. The van der Waals surface area contributed by atoms with Crippen LogP contribution in [0.5, 0.6) is 0 Å². The Labute approximate surface area is 93.5 Å². The van der Waals surface area contributed by atoms with Crippen molar-refractivity contribution in [3.63, 3.8) is 0 Å². The van der Waals surface area contributed by atoms with E-state index < -0.39 is 0 Å². The molecular weight excluding hydrogens is 212 g/mol. The molecule has 1 aromatic rings. The molecule has 15 heavy (non-hydrogen) atoms. The number of hydrogen-bond donors (Lipinski definition) is 0. The molecule has 0 saturated heterocycles. The van der Waals surface area contributed by atoms with Gasteiger partial charge in [0.1, 0.15) is 6.10 Å². The van der Waals surface area contributed by atoms with E-state index in [9.17, 15) is 4.79 Å². The molecule has 1 atom stereocenters. The Hall–Kier alpha value is -1.28. The highest BCUT2D eigenvalue weighted by molar-refractivity contribution is 6.30. The number of hydrogen-bond acceptors (Lipinski definition) is 2. The van der Waals surface area contributed by atoms with E-state index in [0.29, 0.717) is 5.02 Å². The molecule has 0 aliphatic heterocycles. The molecule has 1 aliphatic rings. The van der Waals surface area contributed by atoms with Gasteiger partial charge in [0.05, 0.1) is 0 Å². The van der Waals surface area contributed by atoms with Gasteiger partial charge in [-0.3, -0.25) is 4.79 Å². The molecule has 0 heterocycles. The fourth-order valence-electron chi connectivity index (χ4n) is 1.79. The molecule has 0 aromatic heterocycles. The Bertz CT molecular complexity index is 449. The first-order valence-corrected chi connectivity index (χ1v) is 5.10. The fraction of sp³-hybridized carbons (Fsp3) is 0.250. The van der Waals surface area contributed by atoms with Crippen molar-refractivity contribution in [1.29, 1.82) is 0 Å². The average Bonchev–Trinajstić information content (AvgIpc) is 2.43. The van der Waals surface area contributed by atoms with Crippen molar-refractivity contribution in [2.45, 2.75) is 20.0 Å². The molecule has 1 unspecified atom stereocenters. The van der Waals surface area contributed by atoms with Crippen molar-refractivity contribution in [2.75, 3.05) is 0 Å². The number of ether oxygens (including phenoxy) is 1. The van der Waals surface area contributed by atoms with Gasteiger partial charge < -0.3 is 4.74 Å². The van der Waals surface area contributed by atoms with Crippen LogP contribution in [0, 0.1) is 0 Å². The minimum absolute atomic E-state index is 0.267. The maximum Gasteiger partial charge on any atom is 0.303 e. The van der Waals surface area contributed by atoms with Crippen molar-refractivity contribution in [1.82, 2.24) is 0 Å². The quantitative estimate of drug-likeness (QED) is 0.681. The number of benzene rings is 1. The number of esters is 1. The predicted octanol–water partition coefficient (Wildman–Crippen LogP) is 3.36. The van der Waals surface area contributed by atoms with Crippen LogP contribution in [-0.4, -0.2) is 5.97 Å². The van der Waals surface area contributed by atoms with Crippen LogP contribution in [0.3, 0.4) is 0 Å². The lowest BCUT2D eigenvalue weighted by atomic mass is 10.1. The molecule has 0 spiro atoms. The van der Waals surface area contributed by atoms with Gasteiger partial charge in [0.15, 0.2) is 0 Å². The van der Waals surface area contributed by atoms with Crippen LogP contribution in [0.4, 0.5) is 0 Å². The van der Waals surface area contributed by atoms with Crippen LogP contribution < -0.4 is 0 Å². The summed E-state index contributed by atoms with van der Waals surface area (Å²) in [6.07, 6.45) is 1.75. The van der Waals surface area contributed by atoms with Gasteiger partial charge in [-0.15, -0.1) is 0 Å². The first-order chi connectivity index (χ1) is 7.08. The second-order valence-corrected chi connectivity index (χ2v) is 4.09. The highest BCUT2D eigenvalue weighted by Crippen LogP contribution is 2.38. The Morgan fingerprint density at radius 1 is 1.47 bits per heavy atom. The molecule has 1 aromatic carbocycles. The summed E-state index contributed by atoms with van der Waals surface area (Å²) < 4.78 is 5.24. The number of rotatable bonds is 1. The van der Waals surface area contributed by atoms with Crippen molar-refractivity contribution in [3.05, 3.63) is 39.9 Å². The van der Waals surface area contributed by atoms with Crippen molar-refractivity contribution < 1.29 is 9.53 Å². The largest absolute Gasteiger partial charge is 0.453 e. The molecular formula is C12H11ClO2. The maximum absolute atomic E-state index is 11.0. The Kier molecular flexibility index (Phi) is 2.53. The molecule has 0 radical (unpaired) electrons. The van der Waals surface area contributed by atoms with Crippen LogP contribution in [0.1, 0.15) is 31.1 Å². The van der Waals surface area contributed by atoms with Gasteiger partial charge in [-0.2, -0.15) is 0 Å². The highest BCUT2D eigenvalue weighted by Gasteiger charge is 2.25. The van der Waals surface area contributed by atoms with Gasteiger partial charge >= 0.3 is 5.97 Å². The van der Waals surface area contributed by atoms with Crippen molar-refractivity contribution >= 4 is 23.6 Å². The summed E-state index contributed by atoms with van der Waals surface area (Å²) in [5.41, 5.74) is 3.07. The lowest BCUT2D eigenvalue weighted by Crippen LogP contribution is -2.07. The van der Waals surface area contributed by atoms with Crippen LogP contribution in [0.2, 0.25) is 5.02 Å². The third-order valence-corrected chi connectivity index (χ3v) is 2.65. The van der Waals surface area contributed by atoms with Gasteiger partial charge in [0.2, 0.25) is 0 Å². The maximum atomic E-state index is 11.0. The number of fused-ring (bicyclic) bond motifs is 1. The van der Waals surface area contributed by atoms with Crippen LogP contribution in [0.15, 0.2) is 23.8 Å². The molecule has 2 rings (SSSR count). The Balaban J connectivity index is 2.40. The zero-order valence-corrected chi connectivity index (χ0v) is 9.34. The van der Waals surface area contributed by atoms with Gasteiger partial charge in [-0.1, -0.05) is 23.7 Å². The third-order valence-electron chi connectivity index (χ3n) is 2.41. The second-order valence-electron chi connectivity index (χ2n) is 3.65. The second kappa shape index (κ2) is 3.70. The van der Waals surface area contributed by atoms with E-state index in [2.05, 4.69) is 0 Å². The van der Waals surface area contributed by atoms with Crippen LogP contribution >= 0.6 is 11.6 Å². The highest BCUT2D eigenvalue weighted by atomic mass is 35.5. The van der Waals surface area contributed by atoms with Crippen LogP contribution in [0.25, 0.3) is 6.08 Å². The molecule has 0 fully saturated rings. The van der Waals surface area contributed by atoms with E-state index in [1.807, 2.05) is 31.2 Å². The molecule has 0 amide bonds. The smallest absolute Gasteiger partial charge is 0.303 e. The Morgan fingerprint density at radius 2 is 2.20 bits per heavy atom. The molecule has 3 heteroatoms.